The van der Waals surface area contributed by atoms with Crippen molar-refractivity contribution in [3.63, 3.8) is 0 Å². The second kappa shape index (κ2) is 7.15. The van der Waals surface area contributed by atoms with Crippen LogP contribution in [0.4, 0.5) is 5.69 Å². The first-order chi connectivity index (χ1) is 9.56. The van der Waals surface area contributed by atoms with Gasteiger partial charge in [0, 0.05) is 19.9 Å². The van der Waals surface area contributed by atoms with E-state index in [2.05, 4.69) is 21.2 Å². The molecule has 0 fully saturated rings. The van der Waals surface area contributed by atoms with Gasteiger partial charge in [0.25, 0.3) is 0 Å². The van der Waals surface area contributed by atoms with Crippen molar-refractivity contribution in [3.05, 3.63) is 45.1 Å². The Bertz CT molecular complexity index is 587. The van der Waals surface area contributed by atoms with E-state index >= 15 is 0 Å². The van der Waals surface area contributed by atoms with Gasteiger partial charge in [0.15, 0.2) is 0 Å². The maximum atomic E-state index is 11.9. The minimum atomic E-state index is 0.0274. The molecular weight excluding hydrogens is 356 g/mol. The number of thiophene rings is 1. The molecular formula is C14H15BrN2OS2. The summed E-state index contributed by atoms with van der Waals surface area (Å²) in [5.41, 5.74) is 6.39. The molecule has 1 aromatic carbocycles. The van der Waals surface area contributed by atoms with Crippen LogP contribution in [0.1, 0.15) is 17.8 Å². The van der Waals surface area contributed by atoms with Gasteiger partial charge in [-0.15, -0.1) is 23.1 Å². The number of anilines is 1. The number of nitrogens with one attached hydrogen (secondary N) is 1. The van der Waals surface area contributed by atoms with Crippen molar-refractivity contribution in [2.45, 2.75) is 17.9 Å². The molecule has 0 saturated carbocycles. The van der Waals surface area contributed by atoms with Crippen LogP contribution in [0.2, 0.25) is 0 Å². The highest BCUT2D eigenvalue weighted by Crippen LogP contribution is 2.29. The number of benzene rings is 1. The average molecular weight is 371 g/mol. The zero-order valence-electron chi connectivity index (χ0n) is 10.9. The number of carbonyl (C=O) groups is 1. The van der Waals surface area contributed by atoms with E-state index in [4.69, 9.17) is 5.73 Å². The Labute approximate surface area is 135 Å². The molecule has 1 aromatic heterocycles. The van der Waals surface area contributed by atoms with E-state index in [1.165, 1.54) is 11.8 Å². The Morgan fingerprint density at radius 2 is 2.30 bits per heavy atom. The third kappa shape index (κ3) is 4.26. The first kappa shape index (κ1) is 15.4. The molecule has 3 nitrogen and oxygen atoms in total. The highest BCUT2D eigenvalue weighted by molar-refractivity contribution is 9.10. The summed E-state index contributed by atoms with van der Waals surface area (Å²) in [6, 6.07) is 9.66. The van der Waals surface area contributed by atoms with Crippen LogP contribution in [0.25, 0.3) is 0 Å². The Balaban J connectivity index is 1.86. The number of nitrogen functional groups attached to an aromatic ring is 1. The van der Waals surface area contributed by atoms with Gasteiger partial charge in [-0.05, 0) is 52.5 Å². The Morgan fingerprint density at radius 3 is 2.95 bits per heavy atom. The zero-order chi connectivity index (χ0) is 14.5. The summed E-state index contributed by atoms with van der Waals surface area (Å²) < 4.78 is 0.918. The largest absolute Gasteiger partial charge is 0.399 e. The standard InChI is InChI=1S/C14H15BrN2OS2/c1-9(12-3-2-6-19-12)17-14(18)8-20-13-5-4-10(16)7-11(13)15/h2-7,9H,8,16H2,1H3,(H,17,18). The second-order valence-corrected chi connectivity index (χ2v) is 7.13. The minimum Gasteiger partial charge on any atom is -0.399 e. The lowest BCUT2D eigenvalue weighted by Crippen LogP contribution is -2.27. The number of amides is 1. The summed E-state index contributed by atoms with van der Waals surface area (Å²) in [7, 11) is 0. The van der Waals surface area contributed by atoms with Crippen molar-refractivity contribution in [2.24, 2.45) is 0 Å². The van der Waals surface area contributed by atoms with Crippen LogP contribution >= 0.6 is 39.0 Å². The number of rotatable bonds is 5. The van der Waals surface area contributed by atoms with Crippen LogP contribution in [0, 0.1) is 0 Å². The van der Waals surface area contributed by atoms with Gasteiger partial charge in [0.2, 0.25) is 5.91 Å². The van der Waals surface area contributed by atoms with Gasteiger partial charge in [-0.2, -0.15) is 0 Å². The lowest BCUT2D eigenvalue weighted by Gasteiger charge is -2.12. The summed E-state index contributed by atoms with van der Waals surface area (Å²) in [6.45, 7) is 1.99. The monoisotopic (exact) mass is 370 g/mol. The summed E-state index contributed by atoms with van der Waals surface area (Å²) in [6.07, 6.45) is 0. The molecule has 2 aromatic rings. The predicted octanol–water partition coefficient (Wildman–Crippen LogP) is 4.06. The number of nitrogens with two attached hydrogens (primary N) is 1. The fourth-order valence-electron chi connectivity index (χ4n) is 1.67. The van der Waals surface area contributed by atoms with Gasteiger partial charge >= 0.3 is 0 Å². The lowest BCUT2D eigenvalue weighted by atomic mass is 10.3. The van der Waals surface area contributed by atoms with Crippen molar-refractivity contribution in [1.82, 2.24) is 5.32 Å². The van der Waals surface area contributed by atoms with Gasteiger partial charge in [-0.3, -0.25) is 4.79 Å². The SMILES string of the molecule is CC(NC(=O)CSc1ccc(N)cc1Br)c1cccs1. The van der Waals surface area contributed by atoms with E-state index in [-0.39, 0.29) is 11.9 Å². The summed E-state index contributed by atoms with van der Waals surface area (Å²) in [4.78, 5) is 14.1. The van der Waals surface area contributed by atoms with Crippen LogP contribution in [-0.2, 0) is 4.79 Å². The van der Waals surface area contributed by atoms with Crippen molar-refractivity contribution in [1.29, 1.82) is 0 Å². The molecule has 2 rings (SSSR count). The van der Waals surface area contributed by atoms with Crippen LogP contribution < -0.4 is 11.1 Å². The molecule has 1 unspecified atom stereocenters. The molecule has 0 aliphatic heterocycles. The number of hydrogen-bond donors (Lipinski definition) is 2. The Morgan fingerprint density at radius 1 is 1.50 bits per heavy atom. The third-order valence-electron chi connectivity index (χ3n) is 2.66. The molecule has 1 heterocycles. The number of thioether (sulfide) groups is 1. The van der Waals surface area contributed by atoms with Crippen molar-refractivity contribution < 1.29 is 4.79 Å². The normalized spacial score (nSPS) is 12.1. The number of hydrogen-bond acceptors (Lipinski definition) is 4. The highest BCUT2D eigenvalue weighted by atomic mass is 79.9. The molecule has 1 amide bonds. The summed E-state index contributed by atoms with van der Waals surface area (Å²) >= 11 is 6.59. The van der Waals surface area contributed by atoms with Crippen LogP contribution in [0.15, 0.2) is 45.1 Å². The van der Waals surface area contributed by atoms with Gasteiger partial charge in [0.05, 0.1) is 11.8 Å². The van der Waals surface area contributed by atoms with Crippen molar-refractivity contribution in [3.8, 4) is 0 Å². The maximum Gasteiger partial charge on any atom is 0.230 e. The van der Waals surface area contributed by atoms with E-state index in [0.717, 1.165) is 14.2 Å². The first-order valence-electron chi connectivity index (χ1n) is 6.07. The molecule has 1 atom stereocenters. The minimum absolute atomic E-state index is 0.0274. The third-order valence-corrected chi connectivity index (χ3v) is 5.71. The predicted molar refractivity (Wildman–Crippen MR) is 90.2 cm³/mol. The van der Waals surface area contributed by atoms with Gasteiger partial charge in [-0.1, -0.05) is 6.07 Å². The molecule has 6 heteroatoms. The number of carbonyl (C=O) groups excluding carboxylic acids is 1. The van der Waals surface area contributed by atoms with Crippen LogP contribution in [0.3, 0.4) is 0 Å². The van der Waals surface area contributed by atoms with E-state index in [1.54, 1.807) is 11.3 Å². The smallest absolute Gasteiger partial charge is 0.230 e. The topological polar surface area (TPSA) is 55.1 Å². The van der Waals surface area contributed by atoms with Crippen molar-refractivity contribution in [2.75, 3.05) is 11.5 Å². The van der Waals surface area contributed by atoms with Gasteiger partial charge in [-0.25, -0.2) is 0 Å². The molecule has 0 aliphatic rings. The first-order valence-corrected chi connectivity index (χ1v) is 8.72. The fraction of sp³-hybridized carbons (Fsp3) is 0.214. The van der Waals surface area contributed by atoms with E-state index < -0.39 is 0 Å². The molecule has 0 saturated heterocycles. The molecule has 106 valence electrons. The molecule has 0 aliphatic carbocycles. The van der Waals surface area contributed by atoms with E-state index in [0.29, 0.717) is 11.4 Å². The quantitative estimate of drug-likeness (QED) is 0.616. The lowest BCUT2D eigenvalue weighted by molar-refractivity contribution is -0.119. The summed E-state index contributed by atoms with van der Waals surface area (Å²) in [5.74, 6) is 0.415. The van der Waals surface area contributed by atoms with Crippen LogP contribution in [-0.4, -0.2) is 11.7 Å². The van der Waals surface area contributed by atoms with Gasteiger partial charge < -0.3 is 11.1 Å². The number of halogens is 1. The highest BCUT2D eigenvalue weighted by Gasteiger charge is 2.11. The molecule has 0 radical (unpaired) electrons. The second-order valence-electron chi connectivity index (χ2n) is 4.28. The van der Waals surface area contributed by atoms with E-state index in [1.807, 2.05) is 42.6 Å². The van der Waals surface area contributed by atoms with Crippen molar-refractivity contribution >= 4 is 50.6 Å². The fourth-order valence-corrected chi connectivity index (χ4v) is 3.87. The van der Waals surface area contributed by atoms with Gasteiger partial charge in [0.1, 0.15) is 0 Å². The van der Waals surface area contributed by atoms with E-state index in [9.17, 15) is 4.79 Å². The Kier molecular flexibility index (Phi) is 5.51. The van der Waals surface area contributed by atoms with Crippen LogP contribution in [0.5, 0.6) is 0 Å². The maximum absolute atomic E-state index is 11.9. The molecule has 0 bridgehead atoms. The molecule has 0 spiro atoms. The zero-order valence-corrected chi connectivity index (χ0v) is 14.1. The average Bonchev–Trinajstić information content (AvgIpc) is 2.91. The molecule has 3 N–H and O–H groups in total. The molecule has 20 heavy (non-hydrogen) atoms. The summed E-state index contributed by atoms with van der Waals surface area (Å²) in [5, 5.41) is 5.01. The Hall–Kier alpha value is -0.980.